The Morgan fingerprint density at radius 3 is 2.28 bits per heavy atom. The van der Waals surface area contributed by atoms with Crippen molar-refractivity contribution in [1.29, 1.82) is 0 Å². The number of carboxylic acid groups (broad SMARTS) is 1. The molecule has 160 valence electrons. The molecule has 1 aliphatic heterocycles. The van der Waals surface area contributed by atoms with Gasteiger partial charge in [-0.3, -0.25) is 4.90 Å². The van der Waals surface area contributed by atoms with E-state index < -0.39 is 23.9 Å². The molecule has 1 aliphatic rings. The lowest BCUT2D eigenvalue weighted by atomic mass is 10.0. The molecule has 1 aromatic carbocycles. The van der Waals surface area contributed by atoms with Crippen LogP contribution in [0.15, 0.2) is 29.0 Å². The smallest absolute Gasteiger partial charge is 0.475 e. The molecule has 0 radical (unpaired) electrons. The summed E-state index contributed by atoms with van der Waals surface area (Å²) in [6.07, 6.45) is -8.37. The van der Waals surface area contributed by atoms with Crippen LogP contribution in [0.5, 0.6) is 0 Å². The van der Waals surface area contributed by atoms with Gasteiger partial charge in [0.25, 0.3) is 0 Å². The molecule has 0 amide bonds. The molecule has 0 unspecified atom stereocenters. The SMILES string of the molecule is FC(F)(F)c1ccc(CN2CCNCC2)c(-c2nnco2)c1.O=C(O)C(F)(F)F. The van der Waals surface area contributed by atoms with Crippen LogP contribution < -0.4 is 5.32 Å². The van der Waals surface area contributed by atoms with Gasteiger partial charge in [-0.25, -0.2) is 4.79 Å². The highest BCUT2D eigenvalue weighted by Gasteiger charge is 2.38. The van der Waals surface area contributed by atoms with Gasteiger partial charge in [0.2, 0.25) is 12.3 Å². The maximum Gasteiger partial charge on any atom is 0.490 e. The lowest BCUT2D eigenvalue weighted by Gasteiger charge is -2.27. The van der Waals surface area contributed by atoms with Crippen molar-refractivity contribution in [2.75, 3.05) is 26.2 Å². The third-order valence-corrected chi connectivity index (χ3v) is 3.87. The highest BCUT2D eigenvalue weighted by molar-refractivity contribution is 5.73. The average molecular weight is 426 g/mol. The Morgan fingerprint density at radius 2 is 1.79 bits per heavy atom. The predicted octanol–water partition coefficient (Wildman–Crippen LogP) is 2.79. The minimum absolute atomic E-state index is 0.108. The van der Waals surface area contributed by atoms with Gasteiger partial charge in [-0.05, 0) is 17.7 Å². The Balaban J connectivity index is 0.000000370. The summed E-state index contributed by atoms with van der Waals surface area (Å²) in [6.45, 7) is 4.00. The highest BCUT2D eigenvalue weighted by atomic mass is 19.4. The number of benzene rings is 1. The van der Waals surface area contributed by atoms with Crippen LogP contribution in [-0.2, 0) is 17.5 Å². The molecular formula is C16H16F6N4O3. The van der Waals surface area contributed by atoms with Crippen LogP contribution in [0.3, 0.4) is 0 Å². The summed E-state index contributed by atoms with van der Waals surface area (Å²) in [7, 11) is 0. The van der Waals surface area contributed by atoms with Gasteiger partial charge in [-0.2, -0.15) is 26.3 Å². The highest BCUT2D eigenvalue weighted by Crippen LogP contribution is 2.34. The van der Waals surface area contributed by atoms with Gasteiger partial charge in [-0.15, -0.1) is 10.2 Å². The number of carboxylic acids is 1. The summed E-state index contributed by atoms with van der Waals surface area (Å²) in [6, 6.07) is 3.66. The molecule has 29 heavy (non-hydrogen) atoms. The van der Waals surface area contributed by atoms with E-state index in [1.54, 1.807) is 0 Å². The number of carbonyl (C=O) groups is 1. The number of nitrogens with zero attached hydrogens (tertiary/aromatic N) is 3. The van der Waals surface area contributed by atoms with Crippen molar-refractivity contribution in [3.63, 3.8) is 0 Å². The number of nitrogens with one attached hydrogen (secondary N) is 1. The van der Waals surface area contributed by atoms with Crippen LogP contribution in [0.25, 0.3) is 11.5 Å². The standard InChI is InChI=1S/C14H15F3N4O.C2HF3O2/c15-14(16,17)11-2-1-10(8-21-5-3-18-4-6-21)12(7-11)13-20-19-9-22-13;3-2(4,5)1(6)7/h1-2,7,9,18H,3-6,8H2;(H,6,7). The second kappa shape index (κ2) is 9.22. The lowest BCUT2D eigenvalue weighted by Crippen LogP contribution is -2.42. The van der Waals surface area contributed by atoms with E-state index >= 15 is 0 Å². The van der Waals surface area contributed by atoms with Crippen molar-refractivity contribution in [3.8, 4) is 11.5 Å². The number of alkyl halides is 6. The van der Waals surface area contributed by atoms with Crippen molar-refractivity contribution in [1.82, 2.24) is 20.4 Å². The molecule has 0 atom stereocenters. The van der Waals surface area contributed by atoms with Crippen molar-refractivity contribution in [3.05, 3.63) is 35.7 Å². The topological polar surface area (TPSA) is 91.5 Å². The molecule has 0 aliphatic carbocycles. The number of aromatic nitrogens is 2. The summed E-state index contributed by atoms with van der Waals surface area (Å²) in [5, 5.41) is 17.7. The van der Waals surface area contributed by atoms with Crippen LogP contribution in [0, 0.1) is 0 Å². The van der Waals surface area contributed by atoms with Crippen molar-refractivity contribution < 1.29 is 40.7 Å². The summed E-state index contributed by atoms with van der Waals surface area (Å²) in [4.78, 5) is 11.1. The molecule has 2 N–H and O–H groups in total. The zero-order valence-electron chi connectivity index (χ0n) is 14.7. The first-order valence-electron chi connectivity index (χ1n) is 8.18. The quantitative estimate of drug-likeness (QED) is 0.730. The fraction of sp³-hybridized carbons (Fsp3) is 0.438. The van der Waals surface area contributed by atoms with Crippen molar-refractivity contribution in [2.24, 2.45) is 0 Å². The number of hydrogen-bond donors (Lipinski definition) is 2. The van der Waals surface area contributed by atoms with Gasteiger partial charge in [0.1, 0.15) is 0 Å². The van der Waals surface area contributed by atoms with Crippen molar-refractivity contribution in [2.45, 2.75) is 18.9 Å². The molecule has 0 spiro atoms. The Morgan fingerprint density at radius 1 is 1.17 bits per heavy atom. The first-order chi connectivity index (χ1) is 13.5. The van der Waals surface area contributed by atoms with Gasteiger partial charge < -0.3 is 14.8 Å². The maximum atomic E-state index is 12.9. The van der Waals surface area contributed by atoms with Crippen LogP contribution in [-0.4, -0.2) is 58.5 Å². The molecule has 13 heteroatoms. The molecular weight excluding hydrogens is 410 g/mol. The Labute approximate surface area is 160 Å². The number of aliphatic carboxylic acids is 1. The van der Waals surface area contributed by atoms with E-state index in [1.165, 1.54) is 6.07 Å². The molecule has 7 nitrogen and oxygen atoms in total. The van der Waals surface area contributed by atoms with Gasteiger partial charge in [0, 0.05) is 38.3 Å². The van der Waals surface area contributed by atoms with E-state index in [2.05, 4.69) is 20.4 Å². The molecule has 1 saturated heterocycles. The second-order valence-corrected chi connectivity index (χ2v) is 5.94. The molecule has 0 bridgehead atoms. The normalized spacial score (nSPS) is 15.5. The number of piperazine rings is 1. The van der Waals surface area contributed by atoms with Gasteiger partial charge in [-0.1, -0.05) is 6.07 Å². The molecule has 2 aromatic rings. The summed E-state index contributed by atoms with van der Waals surface area (Å²) < 4.78 is 75.6. The van der Waals surface area contributed by atoms with E-state index in [4.69, 9.17) is 14.3 Å². The molecule has 1 aromatic heterocycles. The third kappa shape index (κ3) is 6.71. The third-order valence-electron chi connectivity index (χ3n) is 3.87. The van der Waals surface area contributed by atoms with Gasteiger partial charge >= 0.3 is 18.3 Å². The fourth-order valence-corrected chi connectivity index (χ4v) is 2.49. The largest absolute Gasteiger partial charge is 0.490 e. The Bertz CT molecular complexity index is 802. The van der Waals surface area contributed by atoms with E-state index in [-0.39, 0.29) is 5.89 Å². The number of hydrogen-bond acceptors (Lipinski definition) is 6. The summed E-state index contributed by atoms with van der Waals surface area (Å²) >= 11 is 0. The zero-order valence-corrected chi connectivity index (χ0v) is 14.7. The van der Waals surface area contributed by atoms with E-state index in [9.17, 15) is 26.3 Å². The predicted molar refractivity (Wildman–Crippen MR) is 86.6 cm³/mol. The minimum Gasteiger partial charge on any atom is -0.475 e. The Hall–Kier alpha value is -2.67. The number of halogens is 6. The van der Waals surface area contributed by atoms with Crippen LogP contribution in [0.2, 0.25) is 0 Å². The second-order valence-electron chi connectivity index (χ2n) is 5.94. The summed E-state index contributed by atoms with van der Waals surface area (Å²) in [5.41, 5.74) is 0.370. The van der Waals surface area contributed by atoms with E-state index in [1.807, 2.05) is 0 Å². The Kier molecular flexibility index (Phi) is 7.19. The van der Waals surface area contributed by atoms with Crippen LogP contribution >= 0.6 is 0 Å². The first-order valence-corrected chi connectivity index (χ1v) is 8.18. The monoisotopic (exact) mass is 426 g/mol. The number of rotatable bonds is 3. The van der Waals surface area contributed by atoms with Crippen LogP contribution in [0.4, 0.5) is 26.3 Å². The van der Waals surface area contributed by atoms with Gasteiger partial charge in [0.15, 0.2) is 0 Å². The first kappa shape index (κ1) is 22.6. The van der Waals surface area contributed by atoms with E-state index in [0.717, 1.165) is 50.3 Å². The molecule has 3 rings (SSSR count). The molecule has 2 heterocycles. The zero-order chi connectivity index (χ0) is 21.7. The lowest BCUT2D eigenvalue weighted by molar-refractivity contribution is -0.192. The fourth-order valence-electron chi connectivity index (χ4n) is 2.49. The summed E-state index contributed by atoms with van der Waals surface area (Å²) in [5.74, 6) is -2.65. The minimum atomic E-state index is -5.08. The van der Waals surface area contributed by atoms with Gasteiger partial charge in [0.05, 0.1) is 5.56 Å². The van der Waals surface area contributed by atoms with Crippen molar-refractivity contribution >= 4 is 5.97 Å². The average Bonchev–Trinajstić information content (AvgIpc) is 3.16. The van der Waals surface area contributed by atoms with E-state index in [0.29, 0.717) is 12.1 Å². The molecule has 0 saturated carbocycles. The molecule has 1 fully saturated rings. The van der Waals surface area contributed by atoms with Crippen LogP contribution in [0.1, 0.15) is 11.1 Å². The maximum absolute atomic E-state index is 12.9.